The number of pyridine rings is 1. The highest BCUT2D eigenvalue weighted by Crippen LogP contribution is 2.36. The minimum Gasteiger partial charge on any atom is -0.485 e. The zero-order valence-corrected chi connectivity index (χ0v) is 13.5. The maximum absolute atomic E-state index is 11.9. The van der Waals surface area contributed by atoms with Gasteiger partial charge in [0.25, 0.3) is 0 Å². The third-order valence-electron chi connectivity index (χ3n) is 3.89. The molecule has 2 atom stereocenters. The van der Waals surface area contributed by atoms with Gasteiger partial charge in [0.15, 0.2) is 0 Å². The van der Waals surface area contributed by atoms with Crippen LogP contribution in [0.15, 0.2) is 48.7 Å². The van der Waals surface area contributed by atoms with Crippen molar-refractivity contribution in [1.29, 1.82) is 0 Å². The Kier molecular flexibility index (Phi) is 5.28. The number of carbonyl (C=O) groups is 1. The molecular formula is C18H20N2O4. The average molecular weight is 328 g/mol. The summed E-state index contributed by atoms with van der Waals surface area (Å²) in [4.78, 5) is 16.3. The predicted octanol–water partition coefficient (Wildman–Crippen LogP) is 2.50. The molecule has 0 fully saturated rings. The monoisotopic (exact) mass is 328 g/mol. The fraction of sp³-hybridized carbons (Fsp3) is 0.333. The van der Waals surface area contributed by atoms with E-state index in [0.29, 0.717) is 13.2 Å². The molecule has 0 spiro atoms. The van der Waals surface area contributed by atoms with E-state index in [-0.39, 0.29) is 18.6 Å². The first-order valence-electron chi connectivity index (χ1n) is 7.83. The Morgan fingerprint density at radius 2 is 2.08 bits per heavy atom. The van der Waals surface area contributed by atoms with Crippen molar-refractivity contribution < 1.29 is 19.0 Å². The number of benzene rings is 1. The van der Waals surface area contributed by atoms with Crippen LogP contribution in [0.4, 0.5) is 4.79 Å². The largest absolute Gasteiger partial charge is 0.485 e. The number of hydrogen-bond acceptors (Lipinski definition) is 5. The lowest BCUT2D eigenvalue weighted by Crippen LogP contribution is -2.35. The number of aromatic nitrogens is 1. The summed E-state index contributed by atoms with van der Waals surface area (Å²) in [6.45, 7) is 1.05. The molecule has 6 heteroatoms. The molecule has 1 aromatic heterocycles. The molecule has 0 bridgehead atoms. The summed E-state index contributed by atoms with van der Waals surface area (Å²) in [7, 11) is 1.62. The second-order valence-electron chi connectivity index (χ2n) is 5.55. The Hall–Kier alpha value is -2.60. The summed E-state index contributed by atoms with van der Waals surface area (Å²) in [5, 5.41) is 2.79. The van der Waals surface area contributed by atoms with Crippen LogP contribution in [0.25, 0.3) is 0 Å². The predicted molar refractivity (Wildman–Crippen MR) is 87.9 cm³/mol. The average Bonchev–Trinajstić information content (AvgIpc) is 2.97. The molecule has 0 saturated heterocycles. The third-order valence-corrected chi connectivity index (χ3v) is 3.89. The molecule has 0 saturated carbocycles. The molecular weight excluding hydrogens is 308 g/mol. The fourth-order valence-corrected chi connectivity index (χ4v) is 2.71. The molecule has 126 valence electrons. The highest BCUT2D eigenvalue weighted by molar-refractivity contribution is 5.67. The summed E-state index contributed by atoms with van der Waals surface area (Å²) in [6.07, 6.45) is 1.09. The van der Waals surface area contributed by atoms with Crippen LogP contribution in [0, 0.1) is 0 Å². The smallest absolute Gasteiger partial charge is 0.407 e. The van der Waals surface area contributed by atoms with Crippen molar-refractivity contribution in [3.8, 4) is 5.75 Å². The van der Waals surface area contributed by atoms with Gasteiger partial charge in [-0.2, -0.15) is 0 Å². The Morgan fingerprint density at radius 3 is 2.88 bits per heavy atom. The van der Waals surface area contributed by atoms with Crippen molar-refractivity contribution in [3.63, 3.8) is 0 Å². The molecule has 24 heavy (non-hydrogen) atoms. The van der Waals surface area contributed by atoms with E-state index in [9.17, 15) is 4.79 Å². The number of carbonyl (C=O) groups excluding carboxylic acids is 1. The zero-order chi connectivity index (χ0) is 16.8. The van der Waals surface area contributed by atoms with Crippen molar-refractivity contribution in [3.05, 3.63) is 59.9 Å². The van der Waals surface area contributed by atoms with E-state index in [1.807, 2.05) is 42.5 Å². The van der Waals surface area contributed by atoms with Crippen molar-refractivity contribution in [2.24, 2.45) is 0 Å². The molecule has 0 unspecified atom stereocenters. The number of amides is 1. The summed E-state index contributed by atoms with van der Waals surface area (Å²) in [6, 6.07) is 13.3. The van der Waals surface area contributed by atoms with Crippen LogP contribution in [0.3, 0.4) is 0 Å². The van der Waals surface area contributed by atoms with Crippen molar-refractivity contribution >= 4 is 6.09 Å². The van der Waals surface area contributed by atoms with Gasteiger partial charge in [0, 0.05) is 19.9 Å². The fourth-order valence-electron chi connectivity index (χ4n) is 2.71. The zero-order valence-electron chi connectivity index (χ0n) is 13.5. The molecule has 1 aliphatic heterocycles. The van der Waals surface area contributed by atoms with Crippen molar-refractivity contribution in [2.45, 2.75) is 18.6 Å². The second kappa shape index (κ2) is 7.79. The molecule has 2 aromatic rings. The van der Waals surface area contributed by atoms with E-state index in [0.717, 1.165) is 17.0 Å². The Balaban J connectivity index is 1.55. The van der Waals surface area contributed by atoms with Crippen LogP contribution in [-0.2, 0) is 16.1 Å². The van der Waals surface area contributed by atoms with E-state index >= 15 is 0 Å². The van der Waals surface area contributed by atoms with Gasteiger partial charge in [-0.15, -0.1) is 0 Å². The van der Waals surface area contributed by atoms with E-state index in [4.69, 9.17) is 14.2 Å². The van der Waals surface area contributed by atoms with Crippen LogP contribution in [0.5, 0.6) is 5.75 Å². The number of ether oxygens (including phenoxy) is 3. The minimum absolute atomic E-state index is 0.0644. The lowest BCUT2D eigenvalue weighted by molar-refractivity contribution is 0.0792. The molecule has 1 aliphatic rings. The van der Waals surface area contributed by atoms with Crippen LogP contribution in [0.1, 0.15) is 17.2 Å². The van der Waals surface area contributed by atoms with Gasteiger partial charge in [-0.25, -0.2) is 4.79 Å². The van der Waals surface area contributed by atoms with Gasteiger partial charge in [-0.1, -0.05) is 30.3 Å². The summed E-state index contributed by atoms with van der Waals surface area (Å²) in [5.41, 5.74) is 1.78. The highest BCUT2D eigenvalue weighted by atomic mass is 16.5. The summed E-state index contributed by atoms with van der Waals surface area (Å²) in [5.74, 6) is 0.675. The number of fused-ring (bicyclic) bond motifs is 1. The first-order valence-corrected chi connectivity index (χ1v) is 7.83. The normalized spacial score (nSPS) is 18.5. The van der Waals surface area contributed by atoms with Gasteiger partial charge < -0.3 is 19.5 Å². The minimum atomic E-state index is -0.459. The van der Waals surface area contributed by atoms with Crippen molar-refractivity contribution in [2.75, 3.05) is 20.3 Å². The van der Waals surface area contributed by atoms with E-state index in [1.54, 1.807) is 13.3 Å². The first-order chi connectivity index (χ1) is 11.8. The van der Waals surface area contributed by atoms with Crippen LogP contribution < -0.4 is 10.1 Å². The lowest BCUT2D eigenvalue weighted by Gasteiger charge is -2.18. The number of nitrogens with one attached hydrogen (secondary N) is 1. The first kappa shape index (κ1) is 16.3. The van der Waals surface area contributed by atoms with Crippen molar-refractivity contribution in [1.82, 2.24) is 10.3 Å². The SMILES string of the molecule is COC[C@H]1Oc2cccnc2[C@@H]1CNC(=O)OCc1ccccc1. The molecule has 0 radical (unpaired) electrons. The Morgan fingerprint density at radius 1 is 1.25 bits per heavy atom. The quantitative estimate of drug-likeness (QED) is 0.882. The van der Waals surface area contributed by atoms with Gasteiger partial charge in [0.1, 0.15) is 18.5 Å². The van der Waals surface area contributed by atoms with Gasteiger partial charge in [0.2, 0.25) is 0 Å². The Labute approximate surface area is 140 Å². The maximum atomic E-state index is 11.9. The molecule has 1 N–H and O–H groups in total. The van der Waals surface area contributed by atoms with Crippen LogP contribution in [-0.4, -0.2) is 37.4 Å². The topological polar surface area (TPSA) is 69.7 Å². The van der Waals surface area contributed by atoms with Gasteiger partial charge in [-0.05, 0) is 17.7 Å². The van der Waals surface area contributed by atoms with Gasteiger partial charge in [0.05, 0.1) is 18.2 Å². The summed E-state index contributed by atoms with van der Waals surface area (Å²) < 4.78 is 16.3. The Bertz CT molecular complexity index is 678. The number of nitrogens with zero attached hydrogens (tertiary/aromatic N) is 1. The molecule has 1 aromatic carbocycles. The van der Waals surface area contributed by atoms with Crippen LogP contribution >= 0.6 is 0 Å². The summed E-state index contributed by atoms with van der Waals surface area (Å²) >= 11 is 0. The standard InChI is InChI=1S/C18H20N2O4/c1-22-12-16-14(17-15(24-16)8-5-9-19-17)10-20-18(21)23-11-13-6-3-2-4-7-13/h2-9,14,16H,10-12H2,1H3,(H,20,21)/t14-,16-/m1/s1. The molecule has 6 nitrogen and oxygen atoms in total. The molecule has 0 aliphatic carbocycles. The highest BCUT2D eigenvalue weighted by Gasteiger charge is 2.35. The number of methoxy groups -OCH3 is 1. The number of alkyl carbamates (subject to hydrolysis) is 1. The lowest BCUT2D eigenvalue weighted by atomic mass is 10.0. The molecule has 2 heterocycles. The molecule has 3 rings (SSSR count). The van der Waals surface area contributed by atoms with E-state index in [1.165, 1.54) is 0 Å². The molecule has 1 amide bonds. The maximum Gasteiger partial charge on any atom is 0.407 e. The van der Waals surface area contributed by atoms with Gasteiger partial charge in [-0.3, -0.25) is 4.98 Å². The van der Waals surface area contributed by atoms with E-state index < -0.39 is 6.09 Å². The number of rotatable bonds is 6. The second-order valence-corrected chi connectivity index (χ2v) is 5.55. The number of hydrogen-bond donors (Lipinski definition) is 1. The third kappa shape index (κ3) is 3.83. The van der Waals surface area contributed by atoms with E-state index in [2.05, 4.69) is 10.3 Å². The van der Waals surface area contributed by atoms with Crippen LogP contribution in [0.2, 0.25) is 0 Å². The van der Waals surface area contributed by atoms with Gasteiger partial charge >= 0.3 is 6.09 Å².